The molecule has 44 heavy (non-hydrogen) atoms. The molecule has 2 fully saturated rings. The van der Waals surface area contributed by atoms with Gasteiger partial charge in [0.05, 0.1) is 17.6 Å². The molecule has 4 amide bonds. The average molecular weight is 600 g/mol. The van der Waals surface area contributed by atoms with E-state index in [1.54, 1.807) is 0 Å². The molecular weight excluding hydrogens is 554 g/mol. The number of aromatic amines is 1. The normalized spacial score (nSPS) is 19.2. The number of anilines is 1. The highest BCUT2D eigenvalue weighted by Crippen LogP contribution is 2.27. The van der Waals surface area contributed by atoms with Crippen LogP contribution in [0.5, 0.6) is 0 Å². The number of nitrogens with one attached hydrogen (secondary N) is 2. The number of piperidine rings is 2. The van der Waals surface area contributed by atoms with Crippen molar-refractivity contribution in [3.63, 3.8) is 0 Å². The van der Waals surface area contributed by atoms with Crippen LogP contribution in [0.15, 0.2) is 42.6 Å². The molecule has 234 valence electrons. The van der Waals surface area contributed by atoms with Crippen LogP contribution in [0.25, 0.3) is 10.9 Å². The number of aryl methyl sites for hydroxylation is 1. The van der Waals surface area contributed by atoms with E-state index in [2.05, 4.69) is 52.7 Å². The van der Waals surface area contributed by atoms with E-state index in [1.165, 1.54) is 0 Å². The minimum Gasteiger partial charge on any atom is -0.343 e. The van der Waals surface area contributed by atoms with Gasteiger partial charge >= 0.3 is 6.03 Å². The Hall–Kier alpha value is -3.92. The summed E-state index contributed by atoms with van der Waals surface area (Å²) in [6.07, 6.45) is 6.71. The van der Waals surface area contributed by atoms with Crippen LogP contribution < -0.4 is 5.32 Å². The van der Waals surface area contributed by atoms with Gasteiger partial charge in [0, 0.05) is 62.3 Å². The highest BCUT2D eigenvalue weighted by atomic mass is 16.2. The monoisotopic (exact) mass is 599 g/mol. The number of H-pyrrole nitrogens is 1. The summed E-state index contributed by atoms with van der Waals surface area (Å²) < 4.78 is 0. The second kappa shape index (κ2) is 13.0. The average Bonchev–Trinajstić information content (AvgIpc) is 3.44. The second-order valence-corrected chi connectivity index (χ2v) is 13.0. The zero-order chi connectivity index (χ0) is 30.8. The quantitative estimate of drug-likeness (QED) is 0.427. The van der Waals surface area contributed by atoms with Crippen molar-refractivity contribution in [3.8, 4) is 0 Å². The summed E-state index contributed by atoms with van der Waals surface area (Å²) >= 11 is 0. The van der Waals surface area contributed by atoms with E-state index < -0.39 is 5.92 Å². The molecule has 0 aliphatic carbocycles. The van der Waals surface area contributed by atoms with Gasteiger partial charge in [-0.15, -0.1) is 0 Å². The minimum atomic E-state index is -0.422. The highest BCUT2D eigenvalue weighted by Gasteiger charge is 2.35. The third kappa shape index (κ3) is 6.45. The number of carbonyl (C=O) groups excluding carboxylic acids is 3. The van der Waals surface area contributed by atoms with Crippen LogP contribution in [0.4, 0.5) is 10.5 Å². The summed E-state index contributed by atoms with van der Waals surface area (Å²) in [5, 5.41) is 11.3. The first kappa shape index (κ1) is 30.1. The van der Waals surface area contributed by atoms with Crippen molar-refractivity contribution in [1.29, 1.82) is 0 Å². The Morgan fingerprint density at radius 3 is 2.48 bits per heavy atom. The lowest BCUT2D eigenvalue weighted by Crippen LogP contribution is -2.51. The van der Waals surface area contributed by atoms with Crippen molar-refractivity contribution < 1.29 is 14.4 Å². The zero-order valence-electron chi connectivity index (χ0n) is 26.2. The Balaban J connectivity index is 1.11. The number of benzene rings is 2. The lowest BCUT2D eigenvalue weighted by atomic mass is 9.91. The maximum Gasteiger partial charge on any atom is 0.322 e. The van der Waals surface area contributed by atoms with Crippen molar-refractivity contribution >= 4 is 34.4 Å². The van der Waals surface area contributed by atoms with E-state index in [9.17, 15) is 14.4 Å². The fourth-order valence-electron chi connectivity index (χ4n) is 7.33. The molecule has 3 aliphatic heterocycles. The lowest BCUT2D eigenvalue weighted by molar-refractivity contribution is -0.143. The van der Waals surface area contributed by atoms with Crippen LogP contribution in [0, 0.1) is 12.8 Å². The number of amides is 4. The molecule has 0 radical (unpaired) electrons. The van der Waals surface area contributed by atoms with Gasteiger partial charge in [-0.3, -0.25) is 14.7 Å². The summed E-state index contributed by atoms with van der Waals surface area (Å²) in [5.41, 5.74) is 5.18. The van der Waals surface area contributed by atoms with Crippen molar-refractivity contribution in [2.24, 2.45) is 5.92 Å². The van der Waals surface area contributed by atoms with Gasteiger partial charge in [-0.25, -0.2) is 4.79 Å². The Labute approximate surface area is 259 Å². The highest BCUT2D eigenvalue weighted by molar-refractivity contribution is 5.91. The Morgan fingerprint density at radius 1 is 1.00 bits per heavy atom. The molecule has 1 aromatic heterocycles. The molecule has 1 unspecified atom stereocenters. The van der Waals surface area contributed by atoms with Crippen LogP contribution in [0.1, 0.15) is 48.8 Å². The summed E-state index contributed by atoms with van der Waals surface area (Å²) in [5.74, 6) is -0.315. The Bertz CT molecular complexity index is 1500. The molecular formula is C34H45N7O3. The van der Waals surface area contributed by atoms with Crippen LogP contribution in [0.2, 0.25) is 0 Å². The Morgan fingerprint density at radius 2 is 1.73 bits per heavy atom. The molecule has 10 heteroatoms. The first-order valence-electron chi connectivity index (χ1n) is 16.1. The largest absolute Gasteiger partial charge is 0.343 e. The van der Waals surface area contributed by atoms with Gasteiger partial charge in [0.25, 0.3) is 0 Å². The zero-order valence-corrected chi connectivity index (χ0v) is 26.2. The number of urea groups is 1. The predicted molar refractivity (Wildman–Crippen MR) is 171 cm³/mol. The van der Waals surface area contributed by atoms with Gasteiger partial charge in [-0.05, 0) is 88.4 Å². The first-order chi connectivity index (χ1) is 21.3. The third-order valence-electron chi connectivity index (χ3n) is 9.96. The maximum absolute atomic E-state index is 14.0. The first-order valence-corrected chi connectivity index (χ1v) is 16.1. The lowest BCUT2D eigenvalue weighted by Gasteiger charge is -2.39. The molecule has 0 saturated carbocycles. The fourth-order valence-corrected chi connectivity index (χ4v) is 7.33. The molecule has 3 aromatic rings. The van der Waals surface area contributed by atoms with Gasteiger partial charge in [0.15, 0.2) is 0 Å². The number of hydrogen-bond acceptors (Lipinski definition) is 5. The third-order valence-corrected chi connectivity index (χ3v) is 9.96. The number of hydrogen-bond donors (Lipinski definition) is 2. The molecule has 4 heterocycles. The smallest absolute Gasteiger partial charge is 0.322 e. The van der Waals surface area contributed by atoms with Gasteiger partial charge in [0.2, 0.25) is 11.8 Å². The van der Waals surface area contributed by atoms with Crippen molar-refractivity contribution in [1.82, 2.24) is 29.8 Å². The number of fused-ring (bicyclic) bond motifs is 2. The number of likely N-dealkylation sites (tertiary alicyclic amines) is 2. The van der Waals surface area contributed by atoms with E-state index in [0.717, 1.165) is 78.5 Å². The van der Waals surface area contributed by atoms with Crippen molar-refractivity contribution in [3.05, 3.63) is 59.3 Å². The van der Waals surface area contributed by atoms with Crippen molar-refractivity contribution in [2.75, 3.05) is 52.1 Å². The van der Waals surface area contributed by atoms with Gasteiger partial charge < -0.3 is 24.9 Å². The molecule has 6 rings (SSSR count). The summed E-state index contributed by atoms with van der Waals surface area (Å²) in [6, 6.07) is 12.7. The van der Waals surface area contributed by atoms with Crippen LogP contribution in [0.3, 0.4) is 0 Å². The minimum absolute atomic E-state index is 0.0267. The summed E-state index contributed by atoms with van der Waals surface area (Å²) in [6.45, 7) is 5.35. The number of rotatable bonds is 7. The molecule has 0 bridgehead atoms. The molecule has 3 aliphatic rings. The molecule has 0 spiro atoms. The molecule has 1 atom stereocenters. The summed E-state index contributed by atoms with van der Waals surface area (Å²) in [7, 11) is 4.19. The summed E-state index contributed by atoms with van der Waals surface area (Å²) in [4.78, 5) is 48.9. The van der Waals surface area contributed by atoms with Crippen LogP contribution in [-0.2, 0) is 22.4 Å². The molecule has 10 nitrogen and oxygen atoms in total. The van der Waals surface area contributed by atoms with Gasteiger partial charge in [0.1, 0.15) is 0 Å². The second-order valence-electron chi connectivity index (χ2n) is 13.0. The molecule has 2 N–H and O–H groups in total. The SMILES string of the molecule is Cc1cc(CC(CC(=O)N2CCC(N3CCc4ccccc4NC3=O)CC2)C(=O)N2CCC(N(C)C)CC2)cc2cn[nH]c12. The van der Waals surface area contributed by atoms with E-state index in [-0.39, 0.29) is 30.3 Å². The van der Waals surface area contributed by atoms with E-state index in [4.69, 9.17) is 0 Å². The van der Waals surface area contributed by atoms with Crippen LogP contribution >= 0.6 is 0 Å². The molecule has 2 aromatic carbocycles. The number of para-hydroxylation sites is 1. The number of nitrogens with zero attached hydrogens (tertiary/aromatic N) is 5. The number of carbonyl (C=O) groups is 3. The van der Waals surface area contributed by atoms with E-state index in [1.807, 2.05) is 46.0 Å². The topological polar surface area (TPSA) is 105 Å². The Kier molecular flexibility index (Phi) is 8.88. The predicted octanol–water partition coefficient (Wildman–Crippen LogP) is 4.05. The van der Waals surface area contributed by atoms with E-state index >= 15 is 0 Å². The standard InChI is InChI=1S/C34H45N7O3/c1-23-18-24(20-27-22-35-37-32(23)27)19-26(33(43)40-15-9-28(10-16-40)38(2)3)21-31(42)39-13-11-29(12-14-39)41-17-8-25-6-4-5-7-30(25)36-34(41)44/h4-7,18,20,22,26,28-29H,8-17,19,21H2,1-3H3,(H,35,37)(H,36,44). The van der Waals surface area contributed by atoms with Gasteiger partial charge in [-0.2, -0.15) is 5.10 Å². The van der Waals surface area contributed by atoms with Gasteiger partial charge in [-0.1, -0.05) is 24.3 Å². The van der Waals surface area contributed by atoms with Crippen LogP contribution in [-0.4, -0.2) is 107 Å². The number of aromatic nitrogens is 2. The van der Waals surface area contributed by atoms with Crippen molar-refractivity contribution in [2.45, 2.75) is 64.0 Å². The molecule has 2 saturated heterocycles. The fraction of sp³-hybridized carbons (Fsp3) is 0.529. The maximum atomic E-state index is 14.0. The van der Waals surface area contributed by atoms with E-state index in [0.29, 0.717) is 32.1 Å².